The minimum Gasteiger partial charge on any atom is -0.389 e. The number of likely N-dealkylation sites (N-methyl/N-ethyl adjacent to an activating group) is 1. The Hall–Kier alpha value is -1.78. The van der Waals surface area contributed by atoms with E-state index >= 15 is 0 Å². The molecule has 0 aliphatic heterocycles. The fourth-order valence-corrected chi connectivity index (χ4v) is 4.71. The van der Waals surface area contributed by atoms with Crippen molar-refractivity contribution in [2.24, 2.45) is 16.7 Å². The zero-order valence-corrected chi connectivity index (χ0v) is 16.2. The van der Waals surface area contributed by atoms with E-state index < -0.39 is 6.61 Å². The maximum atomic E-state index is 12.9. The van der Waals surface area contributed by atoms with Gasteiger partial charge < -0.3 is 5.11 Å². The fourth-order valence-electron chi connectivity index (χ4n) is 4.71. The van der Waals surface area contributed by atoms with Gasteiger partial charge in [-0.25, -0.2) is 0 Å². The van der Waals surface area contributed by atoms with Gasteiger partial charge in [0.15, 0.2) is 11.6 Å². The number of carbonyl (C=O) groups excluding carboxylic acids is 2. The average molecular weight is 355 g/mol. The molecule has 2 bridgehead atoms. The van der Waals surface area contributed by atoms with Gasteiger partial charge in [0.1, 0.15) is 6.61 Å². The Morgan fingerprint density at radius 1 is 1.27 bits per heavy atom. The van der Waals surface area contributed by atoms with Crippen LogP contribution in [0.4, 0.5) is 0 Å². The smallest absolute Gasteiger partial charge is 0.172 e. The Bertz CT molecular complexity index is 747. The van der Waals surface area contributed by atoms with Gasteiger partial charge in [0.2, 0.25) is 0 Å². The Morgan fingerprint density at radius 3 is 2.46 bits per heavy atom. The van der Waals surface area contributed by atoms with E-state index in [4.69, 9.17) is 5.11 Å². The number of carbonyl (C=O) groups is 2. The van der Waals surface area contributed by atoms with E-state index in [1.165, 1.54) is 0 Å². The lowest BCUT2D eigenvalue weighted by atomic mass is 9.70. The van der Waals surface area contributed by atoms with Gasteiger partial charge in [-0.1, -0.05) is 45.0 Å². The third kappa shape index (κ3) is 3.06. The van der Waals surface area contributed by atoms with Crippen LogP contribution in [0.1, 0.15) is 44.7 Å². The highest BCUT2D eigenvalue weighted by Gasteiger charge is 2.63. The molecule has 0 heterocycles. The van der Waals surface area contributed by atoms with Gasteiger partial charge in [0.05, 0.1) is 6.54 Å². The topological polar surface area (TPSA) is 57.6 Å². The molecule has 0 spiro atoms. The fraction of sp³-hybridized carbons (Fsp3) is 0.545. The third-order valence-corrected chi connectivity index (χ3v) is 6.74. The van der Waals surface area contributed by atoms with Crippen LogP contribution in [0, 0.1) is 16.7 Å². The van der Waals surface area contributed by atoms with Crippen molar-refractivity contribution in [3.05, 3.63) is 41.0 Å². The number of hydrogen-bond donors (Lipinski definition) is 1. The Balaban J connectivity index is 1.73. The first kappa shape index (κ1) is 19.0. The molecule has 1 aromatic rings. The maximum Gasteiger partial charge on any atom is 0.172 e. The molecule has 140 valence electrons. The normalized spacial score (nSPS) is 28.3. The minimum atomic E-state index is -0.415. The maximum absolute atomic E-state index is 12.9. The molecule has 0 amide bonds. The first-order chi connectivity index (χ1) is 12.2. The number of hydrogen-bond acceptors (Lipinski definition) is 4. The van der Waals surface area contributed by atoms with Crippen LogP contribution in [0.5, 0.6) is 0 Å². The molecule has 26 heavy (non-hydrogen) atoms. The van der Waals surface area contributed by atoms with Gasteiger partial charge in [-0.15, -0.1) is 0 Å². The summed E-state index contributed by atoms with van der Waals surface area (Å²) < 4.78 is 0. The number of aliphatic hydroxyl groups is 1. The van der Waals surface area contributed by atoms with Crippen molar-refractivity contribution in [1.29, 1.82) is 0 Å². The molecule has 2 atom stereocenters. The highest BCUT2D eigenvalue weighted by atomic mass is 16.3. The molecule has 0 radical (unpaired) electrons. The van der Waals surface area contributed by atoms with Gasteiger partial charge in [-0.2, -0.15) is 0 Å². The van der Waals surface area contributed by atoms with Crippen LogP contribution in [0.15, 0.2) is 29.8 Å². The summed E-state index contributed by atoms with van der Waals surface area (Å²) in [5, 5.41) is 8.83. The number of nitrogens with zero attached hydrogens (tertiary/aromatic N) is 1. The van der Waals surface area contributed by atoms with Gasteiger partial charge in [0, 0.05) is 12.0 Å². The number of Topliss-reactive ketones (excluding diaryl/α,β-unsaturated/α-hetero) is 2. The number of allylic oxidation sites excluding steroid dienone is 1. The van der Waals surface area contributed by atoms with E-state index in [1.807, 2.05) is 36.2 Å². The van der Waals surface area contributed by atoms with Gasteiger partial charge in [0.25, 0.3) is 0 Å². The van der Waals surface area contributed by atoms with Crippen LogP contribution in [0.2, 0.25) is 0 Å². The molecule has 2 saturated carbocycles. The van der Waals surface area contributed by atoms with Gasteiger partial charge in [-0.05, 0) is 54.0 Å². The van der Waals surface area contributed by atoms with Crippen molar-refractivity contribution in [2.45, 2.75) is 40.2 Å². The van der Waals surface area contributed by atoms with E-state index in [9.17, 15) is 9.59 Å². The van der Waals surface area contributed by atoms with Crippen molar-refractivity contribution in [2.75, 3.05) is 20.2 Å². The molecule has 2 aliphatic rings. The second kappa shape index (κ2) is 6.75. The number of rotatable bonds is 6. The van der Waals surface area contributed by atoms with E-state index in [2.05, 4.69) is 26.8 Å². The Labute approximate surface area is 155 Å². The van der Waals surface area contributed by atoms with Crippen molar-refractivity contribution in [3.8, 4) is 0 Å². The second-order valence-electron chi connectivity index (χ2n) is 8.68. The van der Waals surface area contributed by atoms with Crippen LogP contribution >= 0.6 is 0 Å². The summed E-state index contributed by atoms with van der Waals surface area (Å²) in [5.74, 6) is 0.500. The van der Waals surface area contributed by atoms with Gasteiger partial charge >= 0.3 is 0 Å². The second-order valence-corrected chi connectivity index (χ2v) is 8.68. The number of benzene rings is 1. The molecule has 1 aromatic carbocycles. The summed E-state index contributed by atoms with van der Waals surface area (Å²) in [5.41, 5.74) is 2.97. The minimum absolute atomic E-state index is 0.0395. The number of fused-ring (bicyclic) bond motifs is 2. The standard InChI is InChI=1S/C22H29NO3/c1-21(2)19-9-10-22(21,3)20(26)18(19)11-15-5-7-16(8-6-15)12-23(4)13-17(25)14-24/h5-8,11,19,24H,9-10,12-14H2,1-4H3/b18-11-. The number of ketones is 2. The Kier molecular flexibility index (Phi) is 4.93. The quantitative estimate of drug-likeness (QED) is 0.797. The summed E-state index contributed by atoms with van der Waals surface area (Å²) in [6, 6.07) is 8.16. The summed E-state index contributed by atoms with van der Waals surface area (Å²) in [6.07, 6.45) is 4.17. The first-order valence-electron chi connectivity index (χ1n) is 9.35. The average Bonchev–Trinajstić information content (AvgIpc) is 2.90. The van der Waals surface area contributed by atoms with Crippen LogP contribution in [0.3, 0.4) is 0 Å². The molecule has 3 rings (SSSR count). The molecule has 1 N–H and O–H groups in total. The zero-order chi connectivity index (χ0) is 19.1. The number of aliphatic hydroxyl groups excluding tert-OH is 1. The predicted molar refractivity (Wildman–Crippen MR) is 102 cm³/mol. The van der Waals surface area contributed by atoms with Crippen LogP contribution in [-0.4, -0.2) is 41.8 Å². The van der Waals surface area contributed by atoms with Crippen molar-refractivity contribution in [3.63, 3.8) is 0 Å². The van der Waals surface area contributed by atoms with Crippen molar-refractivity contribution in [1.82, 2.24) is 4.90 Å². The Morgan fingerprint density at radius 2 is 1.92 bits per heavy atom. The first-order valence-corrected chi connectivity index (χ1v) is 9.35. The van der Waals surface area contributed by atoms with Crippen molar-refractivity contribution >= 4 is 17.6 Å². The molecule has 2 aliphatic carbocycles. The monoisotopic (exact) mass is 355 g/mol. The molecule has 2 fully saturated rings. The highest BCUT2D eigenvalue weighted by molar-refractivity contribution is 6.07. The molecule has 0 aromatic heterocycles. The molecule has 4 heteroatoms. The van der Waals surface area contributed by atoms with Gasteiger partial charge in [-0.3, -0.25) is 14.5 Å². The third-order valence-electron chi connectivity index (χ3n) is 6.74. The lowest BCUT2D eigenvalue weighted by molar-refractivity contribution is -0.125. The molecule has 0 saturated heterocycles. The van der Waals surface area contributed by atoms with Crippen LogP contribution < -0.4 is 0 Å². The van der Waals surface area contributed by atoms with Crippen LogP contribution in [-0.2, 0) is 16.1 Å². The molecule has 2 unspecified atom stereocenters. The van der Waals surface area contributed by atoms with Crippen molar-refractivity contribution < 1.29 is 14.7 Å². The van der Waals surface area contributed by atoms with E-state index in [0.717, 1.165) is 29.5 Å². The molecular weight excluding hydrogens is 326 g/mol. The van der Waals surface area contributed by atoms with Crippen LogP contribution in [0.25, 0.3) is 6.08 Å². The van der Waals surface area contributed by atoms with E-state index in [-0.39, 0.29) is 23.2 Å². The lowest BCUT2D eigenvalue weighted by Gasteiger charge is -2.31. The molecule has 4 nitrogen and oxygen atoms in total. The summed E-state index contributed by atoms with van der Waals surface area (Å²) in [7, 11) is 1.86. The summed E-state index contributed by atoms with van der Waals surface area (Å²) in [6.45, 7) is 7.07. The lowest BCUT2D eigenvalue weighted by Crippen LogP contribution is -2.32. The predicted octanol–water partition coefficient (Wildman–Crippen LogP) is 3.09. The zero-order valence-electron chi connectivity index (χ0n) is 16.2. The molecular formula is C22H29NO3. The summed E-state index contributed by atoms with van der Waals surface area (Å²) >= 11 is 0. The summed E-state index contributed by atoms with van der Waals surface area (Å²) in [4.78, 5) is 26.1. The van der Waals surface area contributed by atoms with E-state index in [1.54, 1.807) is 0 Å². The van der Waals surface area contributed by atoms with E-state index in [0.29, 0.717) is 18.2 Å². The highest BCUT2D eigenvalue weighted by Crippen LogP contribution is 2.65. The largest absolute Gasteiger partial charge is 0.389 e. The SMILES string of the molecule is CN(CC(=O)CO)Cc1ccc(/C=C2\C(=O)C3(C)CCC2C3(C)C)cc1.